The molecule has 2 saturated heterocycles. The zero-order valence-electron chi connectivity index (χ0n) is 21.4. The van der Waals surface area contributed by atoms with Crippen LogP contribution in [0.1, 0.15) is 32.3 Å². The first-order valence-electron chi connectivity index (χ1n) is 12.3. The van der Waals surface area contributed by atoms with Crippen LogP contribution in [0.4, 0.5) is 15.1 Å². The summed E-state index contributed by atoms with van der Waals surface area (Å²) in [5.74, 6) is -0.313. The van der Waals surface area contributed by atoms with E-state index in [1.807, 2.05) is 13.8 Å². The second-order valence-electron chi connectivity index (χ2n) is 9.45. The van der Waals surface area contributed by atoms with Gasteiger partial charge in [0.25, 0.3) is 6.02 Å². The van der Waals surface area contributed by atoms with Crippen LogP contribution in [-0.4, -0.2) is 66.5 Å². The molecule has 0 spiro atoms. The van der Waals surface area contributed by atoms with Gasteiger partial charge in [0.15, 0.2) is 5.79 Å². The van der Waals surface area contributed by atoms with Gasteiger partial charge in [0.2, 0.25) is 5.95 Å². The van der Waals surface area contributed by atoms with E-state index < -0.39 is 23.7 Å². The second-order valence-corrected chi connectivity index (χ2v) is 9.45. The van der Waals surface area contributed by atoms with Crippen molar-refractivity contribution in [2.24, 2.45) is 27.5 Å². The number of hydrogen-bond donors (Lipinski definition) is 2. The molecule has 2 fully saturated rings. The highest BCUT2D eigenvalue weighted by atomic mass is 19.1. The summed E-state index contributed by atoms with van der Waals surface area (Å²) >= 11 is 0. The number of amides is 1. The molecule has 0 unspecified atom stereocenters. The fourth-order valence-corrected chi connectivity index (χ4v) is 3.96. The molecule has 0 atom stereocenters. The molecule has 2 aliphatic heterocycles. The van der Waals surface area contributed by atoms with E-state index in [1.165, 1.54) is 0 Å². The van der Waals surface area contributed by atoms with Crippen LogP contribution in [0.2, 0.25) is 0 Å². The van der Waals surface area contributed by atoms with Crippen LogP contribution in [0.25, 0.3) is 11.1 Å². The Bertz CT molecular complexity index is 1170. The molecule has 38 heavy (non-hydrogen) atoms. The Morgan fingerprint density at radius 3 is 2.53 bits per heavy atom. The van der Waals surface area contributed by atoms with Crippen LogP contribution in [-0.2, 0) is 25.6 Å². The zero-order valence-corrected chi connectivity index (χ0v) is 21.4. The summed E-state index contributed by atoms with van der Waals surface area (Å²) in [4.78, 5) is 31.0. The average molecular weight is 530 g/mol. The lowest BCUT2D eigenvalue weighted by Gasteiger charge is -2.34. The van der Waals surface area contributed by atoms with Gasteiger partial charge in [0.05, 0.1) is 25.5 Å². The standard InChI is InChI=1S/C25H32FN7O5/c1-25(2)35-13-16(14-36-25)15-37-32-19-6-8-33(9-7-19)24-30-11-18(12-31-24)20-5-3-4-17(21(20)26)10-29-22(27)38-23(28)34/h3-5,11-12,16H,6-10,13-15H2,1-2H3,(H2,27,29)(H2,28,34). The average Bonchev–Trinajstić information content (AvgIpc) is 2.89. The minimum absolute atomic E-state index is 0.126. The molecule has 0 radical (unpaired) electrons. The molecular weight excluding hydrogens is 497 g/mol. The molecule has 2 aromatic rings. The molecule has 4 rings (SSSR count). The third-order valence-corrected chi connectivity index (χ3v) is 6.10. The van der Waals surface area contributed by atoms with E-state index in [0.717, 1.165) is 18.6 Å². The fraction of sp³-hybridized carbons (Fsp3) is 0.480. The molecular formula is C25H32FN7O5. The molecule has 1 aromatic heterocycles. The first-order chi connectivity index (χ1) is 18.2. The first kappa shape index (κ1) is 27.2. The van der Waals surface area contributed by atoms with Crippen LogP contribution in [0, 0.1) is 11.7 Å². The van der Waals surface area contributed by atoms with Gasteiger partial charge in [0.1, 0.15) is 12.4 Å². The molecule has 0 saturated carbocycles. The third kappa shape index (κ3) is 7.35. The van der Waals surface area contributed by atoms with Crippen molar-refractivity contribution in [1.29, 1.82) is 0 Å². The minimum atomic E-state index is -1.09. The summed E-state index contributed by atoms with van der Waals surface area (Å²) in [7, 11) is 0. The Balaban J connectivity index is 1.29. The van der Waals surface area contributed by atoms with Gasteiger partial charge in [-0.15, -0.1) is 0 Å². The summed E-state index contributed by atoms with van der Waals surface area (Å²) < 4.78 is 30.8. The number of amidine groups is 1. The Kier molecular flexibility index (Phi) is 8.69. The number of oxime groups is 1. The summed E-state index contributed by atoms with van der Waals surface area (Å²) in [5.41, 5.74) is 12.4. The second kappa shape index (κ2) is 12.1. The predicted molar refractivity (Wildman–Crippen MR) is 138 cm³/mol. The topological polar surface area (TPSA) is 160 Å². The lowest BCUT2D eigenvalue weighted by Crippen LogP contribution is -2.40. The molecule has 3 heterocycles. The molecule has 4 N–H and O–H groups in total. The maximum atomic E-state index is 15.1. The Hall–Kier alpha value is -3.84. The molecule has 1 amide bonds. The number of aliphatic imine (C=N–C) groups is 1. The van der Waals surface area contributed by atoms with Crippen LogP contribution in [0.15, 0.2) is 40.7 Å². The zero-order chi connectivity index (χ0) is 27.1. The maximum Gasteiger partial charge on any atom is 0.412 e. The van der Waals surface area contributed by atoms with Crippen molar-refractivity contribution >= 4 is 23.8 Å². The monoisotopic (exact) mass is 529 g/mol. The number of anilines is 1. The van der Waals surface area contributed by atoms with Gasteiger partial charge in [-0.3, -0.25) is 0 Å². The number of primary amides is 1. The van der Waals surface area contributed by atoms with Gasteiger partial charge in [0, 0.05) is 60.9 Å². The number of rotatable bonds is 7. The van der Waals surface area contributed by atoms with Crippen molar-refractivity contribution in [2.45, 2.75) is 39.0 Å². The van der Waals surface area contributed by atoms with Crippen molar-refractivity contribution in [3.8, 4) is 11.1 Å². The quantitative estimate of drug-likeness (QED) is 0.312. The van der Waals surface area contributed by atoms with Gasteiger partial charge in [-0.1, -0.05) is 23.4 Å². The summed E-state index contributed by atoms with van der Waals surface area (Å²) in [6, 6.07) is 4.43. The molecule has 2 aliphatic rings. The molecule has 204 valence electrons. The van der Waals surface area contributed by atoms with E-state index in [4.69, 9.17) is 25.8 Å². The number of hydrogen-bond acceptors (Lipinski definition) is 10. The minimum Gasteiger partial charge on any atom is -0.395 e. The highest BCUT2D eigenvalue weighted by Gasteiger charge is 2.28. The number of ether oxygens (including phenoxy) is 3. The largest absolute Gasteiger partial charge is 0.412 e. The van der Waals surface area contributed by atoms with Gasteiger partial charge in [-0.2, -0.15) is 0 Å². The Labute approximate surface area is 219 Å². The van der Waals surface area contributed by atoms with Crippen LogP contribution < -0.4 is 16.4 Å². The van der Waals surface area contributed by atoms with Crippen LogP contribution >= 0.6 is 0 Å². The summed E-state index contributed by atoms with van der Waals surface area (Å²) in [6.07, 6.45) is 3.54. The molecule has 12 nitrogen and oxygen atoms in total. The number of benzene rings is 1. The smallest absolute Gasteiger partial charge is 0.395 e. The number of carbonyl (C=O) groups is 1. The molecule has 13 heteroatoms. The SMILES string of the molecule is CC1(C)OCC(CON=C2CCN(c3ncc(-c4cccc(CN=C(N)OC(N)=O)c4F)cn3)CC2)CO1. The third-order valence-electron chi connectivity index (χ3n) is 6.10. The van der Waals surface area contributed by atoms with Crippen molar-refractivity contribution in [1.82, 2.24) is 9.97 Å². The number of piperidine rings is 1. The van der Waals surface area contributed by atoms with E-state index in [1.54, 1.807) is 30.6 Å². The van der Waals surface area contributed by atoms with Gasteiger partial charge < -0.3 is 35.4 Å². The number of nitrogens with two attached hydrogens (primary N) is 2. The summed E-state index contributed by atoms with van der Waals surface area (Å²) in [5, 5.41) is 4.30. The lowest BCUT2D eigenvalue weighted by molar-refractivity contribution is -0.266. The van der Waals surface area contributed by atoms with Gasteiger partial charge >= 0.3 is 6.09 Å². The number of halogens is 1. The Morgan fingerprint density at radius 1 is 1.18 bits per heavy atom. The molecule has 1 aromatic carbocycles. The van der Waals surface area contributed by atoms with Gasteiger partial charge in [-0.25, -0.2) is 24.1 Å². The number of nitrogens with zero attached hydrogens (tertiary/aromatic N) is 5. The summed E-state index contributed by atoms with van der Waals surface area (Å²) in [6.45, 7) is 6.68. The van der Waals surface area contributed by atoms with Crippen LogP contribution in [0.3, 0.4) is 0 Å². The maximum absolute atomic E-state index is 15.1. The van der Waals surface area contributed by atoms with E-state index >= 15 is 4.39 Å². The van der Waals surface area contributed by atoms with E-state index in [0.29, 0.717) is 50.0 Å². The van der Waals surface area contributed by atoms with E-state index in [2.05, 4.69) is 29.8 Å². The first-order valence-corrected chi connectivity index (χ1v) is 12.3. The van der Waals surface area contributed by atoms with Crippen molar-refractivity contribution in [3.05, 3.63) is 42.0 Å². The van der Waals surface area contributed by atoms with Crippen molar-refractivity contribution < 1.29 is 28.2 Å². The van der Waals surface area contributed by atoms with Crippen LogP contribution in [0.5, 0.6) is 0 Å². The normalized spacial score (nSPS) is 18.2. The number of aromatic nitrogens is 2. The van der Waals surface area contributed by atoms with Crippen molar-refractivity contribution in [2.75, 3.05) is 37.8 Å². The lowest BCUT2D eigenvalue weighted by atomic mass is 10.0. The Morgan fingerprint density at radius 2 is 1.87 bits per heavy atom. The van der Waals surface area contributed by atoms with Gasteiger partial charge in [-0.05, 0) is 13.8 Å². The highest BCUT2D eigenvalue weighted by molar-refractivity contribution is 5.86. The molecule has 0 bridgehead atoms. The molecule has 0 aliphatic carbocycles. The predicted octanol–water partition coefficient (Wildman–Crippen LogP) is 2.56. The van der Waals surface area contributed by atoms with Crippen molar-refractivity contribution in [3.63, 3.8) is 0 Å². The highest BCUT2D eigenvalue weighted by Crippen LogP contribution is 2.26. The fourth-order valence-electron chi connectivity index (χ4n) is 3.96. The van der Waals surface area contributed by atoms with E-state index in [9.17, 15) is 4.79 Å². The van der Waals surface area contributed by atoms with E-state index in [-0.39, 0.29) is 18.0 Å². The number of carbonyl (C=O) groups excluding carboxylic acids is 1.